The number of nitrogens with two attached hydrogens (primary N) is 1. The zero-order valence-electron chi connectivity index (χ0n) is 10.6. The summed E-state index contributed by atoms with van der Waals surface area (Å²) < 4.78 is 32.4. The molecule has 0 saturated carbocycles. The molecule has 1 saturated heterocycles. The Labute approximate surface area is 128 Å². The van der Waals surface area contributed by atoms with Crippen LogP contribution in [0.25, 0.3) is 0 Å². The third-order valence-corrected chi connectivity index (χ3v) is 5.23. The van der Waals surface area contributed by atoms with Crippen molar-refractivity contribution in [3.8, 4) is 0 Å². The molecule has 0 amide bonds. The van der Waals surface area contributed by atoms with E-state index in [1.165, 1.54) is 12.1 Å². The molecule has 0 spiro atoms. The van der Waals surface area contributed by atoms with Gasteiger partial charge in [-0.05, 0) is 25.0 Å². The summed E-state index contributed by atoms with van der Waals surface area (Å²) >= 11 is 10.8. The number of hydrogen-bond acceptors (Lipinski definition) is 4. The molecule has 0 bridgehead atoms. The van der Waals surface area contributed by atoms with Gasteiger partial charge in [0.25, 0.3) is 0 Å². The Bertz CT molecular complexity index is 613. The van der Waals surface area contributed by atoms with Crippen LogP contribution in [-0.4, -0.2) is 32.7 Å². The van der Waals surface area contributed by atoms with Gasteiger partial charge in [0.2, 0.25) is 10.0 Å². The minimum Gasteiger partial charge on any atom is -0.389 e. The van der Waals surface area contributed by atoms with Crippen molar-refractivity contribution in [1.82, 2.24) is 4.72 Å². The maximum absolute atomic E-state index is 12.3. The van der Waals surface area contributed by atoms with Crippen LogP contribution in [0.5, 0.6) is 0 Å². The molecule has 1 aromatic rings. The molecule has 1 aromatic carbocycles. The van der Waals surface area contributed by atoms with Gasteiger partial charge in [-0.25, -0.2) is 13.1 Å². The third-order valence-electron chi connectivity index (χ3n) is 2.99. The quantitative estimate of drug-likeness (QED) is 0.814. The fourth-order valence-electron chi connectivity index (χ4n) is 1.99. The van der Waals surface area contributed by atoms with E-state index in [1.807, 2.05) is 0 Å². The summed E-state index contributed by atoms with van der Waals surface area (Å²) in [6, 6.07) is 4.18. The molecule has 5 nitrogen and oxygen atoms in total. The van der Waals surface area contributed by atoms with Gasteiger partial charge in [-0.2, -0.15) is 0 Å². The highest BCUT2D eigenvalue weighted by Gasteiger charge is 2.24. The van der Waals surface area contributed by atoms with Crippen molar-refractivity contribution < 1.29 is 13.2 Å². The molecule has 0 aliphatic carbocycles. The van der Waals surface area contributed by atoms with Gasteiger partial charge in [0.1, 0.15) is 9.88 Å². The molecular weight excluding hydrogens is 320 g/mol. The Hall–Kier alpha value is -0.730. The van der Waals surface area contributed by atoms with Crippen LogP contribution in [-0.2, 0) is 14.8 Å². The maximum Gasteiger partial charge on any atom is 0.242 e. The van der Waals surface area contributed by atoms with Crippen molar-refractivity contribution in [2.24, 2.45) is 5.73 Å². The van der Waals surface area contributed by atoms with Gasteiger partial charge in [-0.1, -0.05) is 29.9 Å². The van der Waals surface area contributed by atoms with Crippen LogP contribution in [0.1, 0.15) is 18.4 Å². The summed E-state index contributed by atoms with van der Waals surface area (Å²) in [6.07, 6.45) is 1.59. The van der Waals surface area contributed by atoms with Crippen LogP contribution in [0.2, 0.25) is 5.02 Å². The van der Waals surface area contributed by atoms with Crippen LogP contribution < -0.4 is 10.5 Å². The van der Waals surface area contributed by atoms with Crippen LogP contribution in [0.3, 0.4) is 0 Å². The molecule has 0 radical (unpaired) electrons. The first kappa shape index (κ1) is 15.7. The monoisotopic (exact) mass is 334 g/mol. The minimum absolute atomic E-state index is 0.0183. The van der Waals surface area contributed by atoms with E-state index in [4.69, 9.17) is 34.3 Å². The largest absolute Gasteiger partial charge is 0.389 e. The van der Waals surface area contributed by atoms with E-state index in [-0.39, 0.29) is 20.9 Å². The van der Waals surface area contributed by atoms with Gasteiger partial charge in [0.15, 0.2) is 0 Å². The number of benzene rings is 1. The fourth-order valence-corrected chi connectivity index (χ4v) is 3.92. The molecule has 2 rings (SSSR count). The molecule has 0 aromatic heterocycles. The van der Waals surface area contributed by atoms with E-state index >= 15 is 0 Å². The van der Waals surface area contributed by atoms with Gasteiger partial charge >= 0.3 is 0 Å². The molecular formula is C12H15ClN2O3S2. The molecule has 1 atom stereocenters. The lowest BCUT2D eigenvalue weighted by Crippen LogP contribution is -2.40. The number of halogens is 1. The van der Waals surface area contributed by atoms with Gasteiger partial charge in [-0.15, -0.1) is 0 Å². The minimum atomic E-state index is -3.68. The fraction of sp³-hybridized carbons (Fsp3) is 0.417. The van der Waals surface area contributed by atoms with Gasteiger partial charge in [0.05, 0.1) is 11.6 Å². The summed E-state index contributed by atoms with van der Waals surface area (Å²) in [7, 11) is -3.68. The Balaban J connectivity index is 2.22. The SMILES string of the molecule is NC(=S)c1ccc(S(=O)(=O)NC2CCCOC2)c(Cl)c1. The van der Waals surface area contributed by atoms with Crippen molar-refractivity contribution in [3.63, 3.8) is 0 Å². The second-order valence-electron chi connectivity index (χ2n) is 4.54. The molecule has 110 valence electrons. The Morgan fingerprint density at radius 2 is 2.25 bits per heavy atom. The van der Waals surface area contributed by atoms with Crippen molar-refractivity contribution >= 4 is 38.8 Å². The number of ether oxygens (including phenoxy) is 1. The zero-order chi connectivity index (χ0) is 14.8. The van der Waals surface area contributed by atoms with Crippen LogP contribution in [0, 0.1) is 0 Å². The highest BCUT2D eigenvalue weighted by atomic mass is 35.5. The van der Waals surface area contributed by atoms with E-state index < -0.39 is 10.0 Å². The van der Waals surface area contributed by atoms with E-state index in [0.717, 1.165) is 12.8 Å². The van der Waals surface area contributed by atoms with Crippen molar-refractivity contribution in [2.75, 3.05) is 13.2 Å². The molecule has 1 unspecified atom stereocenters. The maximum atomic E-state index is 12.3. The summed E-state index contributed by atoms with van der Waals surface area (Å²) in [6.45, 7) is 1.05. The Morgan fingerprint density at radius 1 is 1.50 bits per heavy atom. The average molecular weight is 335 g/mol. The second kappa shape index (κ2) is 6.36. The first-order valence-corrected chi connectivity index (χ1v) is 8.36. The Morgan fingerprint density at radius 3 is 2.80 bits per heavy atom. The smallest absolute Gasteiger partial charge is 0.242 e. The van der Waals surface area contributed by atoms with Gasteiger partial charge in [-0.3, -0.25) is 0 Å². The number of thiocarbonyl (C=S) groups is 1. The van der Waals surface area contributed by atoms with E-state index in [9.17, 15) is 8.42 Å². The average Bonchev–Trinajstić information content (AvgIpc) is 2.38. The second-order valence-corrected chi connectivity index (χ2v) is 7.07. The molecule has 20 heavy (non-hydrogen) atoms. The van der Waals surface area contributed by atoms with E-state index in [0.29, 0.717) is 18.8 Å². The van der Waals surface area contributed by atoms with Gasteiger partial charge in [0, 0.05) is 18.2 Å². The van der Waals surface area contributed by atoms with E-state index in [2.05, 4.69) is 4.72 Å². The van der Waals surface area contributed by atoms with Crippen molar-refractivity contribution in [2.45, 2.75) is 23.8 Å². The highest BCUT2D eigenvalue weighted by molar-refractivity contribution is 7.89. The number of sulfonamides is 1. The first-order chi connectivity index (χ1) is 9.40. The lowest BCUT2D eigenvalue weighted by atomic mass is 10.1. The topological polar surface area (TPSA) is 81.4 Å². The summed E-state index contributed by atoms with van der Waals surface area (Å²) in [5, 5.41) is 0.0968. The summed E-state index contributed by atoms with van der Waals surface area (Å²) in [4.78, 5) is 0.189. The normalized spacial score (nSPS) is 19.8. The van der Waals surface area contributed by atoms with Crippen LogP contribution in [0.15, 0.2) is 23.1 Å². The predicted molar refractivity (Wildman–Crippen MR) is 81.5 cm³/mol. The number of nitrogens with one attached hydrogen (secondary N) is 1. The lowest BCUT2D eigenvalue weighted by Gasteiger charge is -2.23. The molecule has 3 N–H and O–H groups in total. The Kier molecular flexibility index (Phi) is 4.98. The van der Waals surface area contributed by atoms with Crippen LogP contribution >= 0.6 is 23.8 Å². The number of hydrogen-bond donors (Lipinski definition) is 2. The molecule has 1 heterocycles. The standard InChI is InChI=1S/C12H15ClN2O3S2/c13-10-6-8(12(14)19)3-4-11(10)20(16,17)15-9-2-1-5-18-7-9/h3-4,6,9,15H,1-2,5,7H2,(H2,14,19). The molecule has 8 heteroatoms. The summed E-state index contributed by atoms with van der Waals surface area (Å²) in [5.41, 5.74) is 6.01. The third kappa shape index (κ3) is 3.67. The molecule has 1 aliphatic heterocycles. The highest BCUT2D eigenvalue weighted by Crippen LogP contribution is 2.23. The van der Waals surface area contributed by atoms with Crippen molar-refractivity contribution in [3.05, 3.63) is 28.8 Å². The first-order valence-electron chi connectivity index (χ1n) is 6.09. The predicted octanol–water partition coefficient (Wildman–Crippen LogP) is 1.43. The lowest BCUT2D eigenvalue weighted by molar-refractivity contribution is 0.0774. The molecule has 1 aliphatic rings. The van der Waals surface area contributed by atoms with Gasteiger partial charge < -0.3 is 10.5 Å². The summed E-state index contributed by atoms with van der Waals surface area (Å²) in [5.74, 6) is 0. The van der Waals surface area contributed by atoms with Crippen LogP contribution in [0.4, 0.5) is 0 Å². The zero-order valence-corrected chi connectivity index (χ0v) is 13.0. The number of rotatable bonds is 4. The molecule has 1 fully saturated rings. The van der Waals surface area contributed by atoms with Crippen molar-refractivity contribution in [1.29, 1.82) is 0 Å². The van der Waals surface area contributed by atoms with E-state index in [1.54, 1.807) is 6.07 Å².